The molecular formula is C28H29FN4OS. The van der Waals surface area contributed by atoms with Crippen molar-refractivity contribution in [2.75, 3.05) is 18.5 Å². The summed E-state index contributed by atoms with van der Waals surface area (Å²) in [7, 11) is 1.62. The van der Waals surface area contributed by atoms with Crippen LogP contribution in [-0.2, 0) is 13.0 Å². The number of carbonyl (C=O) groups excluding carboxylic acids is 1. The fourth-order valence-corrected chi connectivity index (χ4v) is 4.84. The Kier molecular flexibility index (Phi) is 8.21. The predicted molar refractivity (Wildman–Crippen MR) is 140 cm³/mol. The Labute approximate surface area is 209 Å². The van der Waals surface area contributed by atoms with Gasteiger partial charge in [-0.05, 0) is 48.0 Å². The van der Waals surface area contributed by atoms with Gasteiger partial charge < -0.3 is 10.2 Å². The van der Waals surface area contributed by atoms with Crippen LogP contribution in [0.15, 0.2) is 79.1 Å². The largest absolute Gasteiger partial charge is 0.356 e. The van der Waals surface area contributed by atoms with E-state index in [4.69, 9.17) is 0 Å². The van der Waals surface area contributed by atoms with Gasteiger partial charge in [-0.25, -0.2) is 4.39 Å². The highest BCUT2D eigenvalue weighted by Gasteiger charge is 2.20. The van der Waals surface area contributed by atoms with Gasteiger partial charge in [-0.15, -0.1) is 0 Å². The Hall–Kier alpha value is -3.58. The number of hydrogen-bond acceptors (Lipinski definition) is 5. The normalized spacial score (nSPS) is 11.7. The van der Waals surface area contributed by atoms with E-state index >= 15 is 0 Å². The lowest BCUT2D eigenvalue weighted by molar-refractivity contribution is 0.0963. The van der Waals surface area contributed by atoms with Gasteiger partial charge in [-0.1, -0.05) is 61.5 Å². The highest BCUT2D eigenvalue weighted by Crippen LogP contribution is 2.29. The lowest BCUT2D eigenvalue weighted by Crippen LogP contribution is -2.28. The summed E-state index contributed by atoms with van der Waals surface area (Å²) < 4.78 is 18.5. The summed E-state index contributed by atoms with van der Waals surface area (Å²) in [5.74, 6) is 0.0440. The van der Waals surface area contributed by atoms with Crippen LogP contribution in [0.25, 0.3) is 11.1 Å². The van der Waals surface area contributed by atoms with Crippen LogP contribution in [0.5, 0.6) is 0 Å². The number of halogens is 1. The van der Waals surface area contributed by atoms with Gasteiger partial charge in [0, 0.05) is 30.9 Å². The molecule has 0 aliphatic heterocycles. The number of carbonyl (C=O) groups is 1. The van der Waals surface area contributed by atoms with E-state index in [0.717, 1.165) is 35.6 Å². The number of rotatable bonds is 10. The van der Waals surface area contributed by atoms with Crippen molar-refractivity contribution < 1.29 is 9.18 Å². The number of nitrogens with one attached hydrogen (secondary N) is 1. The number of pyridine rings is 1. The summed E-state index contributed by atoms with van der Waals surface area (Å²) in [6.07, 6.45) is 5.27. The molecule has 1 N–H and O–H groups in total. The molecule has 0 unspecified atom stereocenters. The second-order valence-corrected chi connectivity index (χ2v) is 9.43. The summed E-state index contributed by atoms with van der Waals surface area (Å²) in [6.45, 7) is 3.54. The van der Waals surface area contributed by atoms with Crippen LogP contribution >= 0.6 is 11.5 Å². The van der Waals surface area contributed by atoms with Gasteiger partial charge in [0.2, 0.25) is 0 Å². The number of hydrogen-bond donors (Lipinski definition) is 1. The maximum atomic E-state index is 14.2. The van der Waals surface area contributed by atoms with Crippen molar-refractivity contribution >= 4 is 22.4 Å². The zero-order valence-corrected chi connectivity index (χ0v) is 20.8. The lowest BCUT2D eigenvalue weighted by Gasteiger charge is -2.25. The molecule has 0 saturated carbocycles. The van der Waals surface area contributed by atoms with Crippen LogP contribution in [0.4, 0.5) is 9.39 Å². The smallest absolute Gasteiger partial charge is 0.255 e. The van der Waals surface area contributed by atoms with E-state index in [1.165, 1.54) is 23.2 Å². The second kappa shape index (κ2) is 11.7. The van der Waals surface area contributed by atoms with Crippen molar-refractivity contribution in [3.8, 4) is 11.1 Å². The average molecular weight is 489 g/mol. The molecule has 35 heavy (non-hydrogen) atoms. The van der Waals surface area contributed by atoms with Gasteiger partial charge in [0.15, 0.2) is 0 Å². The van der Waals surface area contributed by atoms with Gasteiger partial charge in [-0.3, -0.25) is 9.78 Å². The SMILES string of the molecule is CNC(=O)c1cnsc1N(CC[C@@H](C)Cc1ccccc1)Cc1ccc(-c2ccccc2F)cn1. The average Bonchev–Trinajstić information content (AvgIpc) is 3.37. The molecule has 0 fully saturated rings. The van der Waals surface area contributed by atoms with E-state index in [1.54, 1.807) is 31.6 Å². The number of amides is 1. The van der Waals surface area contributed by atoms with Crippen LogP contribution in [0.3, 0.4) is 0 Å². The third-order valence-corrected chi connectivity index (χ3v) is 6.85. The van der Waals surface area contributed by atoms with E-state index in [-0.39, 0.29) is 11.7 Å². The topological polar surface area (TPSA) is 58.1 Å². The predicted octanol–water partition coefficient (Wildman–Crippen LogP) is 5.98. The summed E-state index contributed by atoms with van der Waals surface area (Å²) in [4.78, 5) is 19.2. The van der Waals surface area contributed by atoms with E-state index in [9.17, 15) is 9.18 Å². The number of nitrogens with zero attached hydrogens (tertiary/aromatic N) is 3. The van der Waals surface area contributed by atoms with E-state index in [0.29, 0.717) is 23.6 Å². The minimum Gasteiger partial charge on any atom is -0.356 e. The molecule has 1 atom stereocenters. The van der Waals surface area contributed by atoms with E-state index in [2.05, 4.69) is 50.8 Å². The van der Waals surface area contributed by atoms with Crippen molar-refractivity contribution in [3.63, 3.8) is 0 Å². The van der Waals surface area contributed by atoms with Crippen molar-refractivity contribution in [1.29, 1.82) is 0 Å². The van der Waals surface area contributed by atoms with Gasteiger partial charge in [0.05, 0.1) is 24.0 Å². The maximum Gasteiger partial charge on any atom is 0.255 e. The first-order valence-corrected chi connectivity index (χ1v) is 12.5. The highest BCUT2D eigenvalue weighted by molar-refractivity contribution is 7.10. The first-order chi connectivity index (χ1) is 17.0. The molecule has 4 aromatic rings. The maximum absolute atomic E-state index is 14.2. The third-order valence-electron chi connectivity index (χ3n) is 5.99. The van der Waals surface area contributed by atoms with Gasteiger partial charge >= 0.3 is 0 Å². The first-order valence-electron chi connectivity index (χ1n) is 11.7. The Morgan fingerprint density at radius 1 is 1.06 bits per heavy atom. The van der Waals surface area contributed by atoms with Gasteiger partial charge in [0.25, 0.3) is 5.91 Å². The van der Waals surface area contributed by atoms with E-state index in [1.807, 2.05) is 24.3 Å². The van der Waals surface area contributed by atoms with Crippen molar-refractivity contribution in [3.05, 3.63) is 102 Å². The molecule has 180 valence electrons. The van der Waals surface area contributed by atoms with Crippen LogP contribution in [0, 0.1) is 11.7 Å². The lowest BCUT2D eigenvalue weighted by atomic mass is 9.98. The quantitative estimate of drug-likeness (QED) is 0.298. The molecule has 2 heterocycles. The molecule has 0 radical (unpaired) electrons. The van der Waals surface area contributed by atoms with E-state index < -0.39 is 0 Å². The van der Waals surface area contributed by atoms with Crippen LogP contribution < -0.4 is 10.2 Å². The molecule has 2 aromatic heterocycles. The fourth-order valence-electron chi connectivity index (χ4n) is 4.07. The minimum absolute atomic E-state index is 0.154. The molecule has 2 aromatic carbocycles. The molecular weight excluding hydrogens is 459 g/mol. The number of benzene rings is 2. The summed E-state index contributed by atoms with van der Waals surface area (Å²) in [5.41, 5.74) is 4.00. The van der Waals surface area contributed by atoms with Gasteiger partial charge in [-0.2, -0.15) is 4.37 Å². The summed E-state index contributed by atoms with van der Waals surface area (Å²) in [6, 6.07) is 21.0. The molecule has 4 rings (SSSR count). The summed E-state index contributed by atoms with van der Waals surface area (Å²) >= 11 is 1.32. The van der Waals surface area contributed by atoms with Crippen molar-refractivity contribution in [1.82, 2.24) is 14.7 Å². The highest BCUT2D eigenvalue weighted by atomic mass is 32.1. The van der Waals surface area contributed by atoms with Crippen LogP contribution in [0.2, 0.25) is 0 Å². The Balaban J connectivity index is 1.52. The Morgan fingerprint density at radius 2 is 1.83 bits per heavy atom. The Bertz CT molecular complexity index is 1240. The molecule has 0 saturated heterocycles. The van der Waals surface area contributed by atoms with Crippen LogP contribution in [0.1, 0.15) is 35.0 Å². The molecule has 7 heteroatoms. The number of anilines is 1. The zero-order valence-electron chi connectivity index (χ0n) is 19.9. The number of aromatic nitrogens is 2. The van der Waals surface area contributed by atoms with Crippen molar-refractivity contribution in [2.45, 2.75) is 26.3 Å². The van der Waals surface area contributed by atoms with Crippen LogP contribution in [-0.4, -0.2) is 28.9 Å². The molecule has 0 aliphatic rings. The Morgan fingerprint density at radius 3 is 2.54 bits per heavy atom. The molecule has 5 nitrogen and oxygen atoms in total. The molecule has 0 spiro atoms. The summed E-state index contributed by atoms with van der Waals surface area (Å²) in [5, 5.41) is 3.53. The second-order valence-electron chi connectivity index (χ2n) is 8.65. The van der Waals surface area contributed by atoms with Crippen molar-refractivity contribution in [2.24, 2.45) is 5.92 Å². The van der Waals surface area contributed by atoms with Gasteiger partial charge in [0.1, 0.15) is 10.8 Å². The monoisotopic (exact) mass is 488 g/mol. The first kappa shape index (κ1) is 24.5. The standard InChI is InChI=1S/C28H29FN4OS/c1-20(16-21-8-4-3-5-9-21)14-15-33(28-25(18-32-35-28)27(34)30-2)19-23-13-12-22(17-31-23)24-10-6-7-11-26(24)29/h3-13,17-18,20H,14-16,19H2,1-2H3,(H,30,34)/t20-/m1/s1. The zero-order chi connectivity index (χ0) is 24.6. The molecule has 1 amide bonds. The molecule has 0 aliphatic carbocycles. The third kappa shape index (κ3) is 6.31. The minimum atomic E-state index is -0.268. The fraction of sp³-hybridized carbons (Fsp3) is 0.250. The molecule has 0 bridgehead atoms.